The van der Waals surface area contributed by atoms with Gasteiger partial charge in [-0.15, -0.1) is 39.0 Å². The maximum Gasteiger partial charge on any atom is 3.00 e. The number of benzene rings is 9. The molecule has 9 aromatic rings. The summed E-state index contributed by atoms with van der Waals surface area (Å²) in [6, 6.07) is 65.7. The number of nitrogens with zero attached hydrogens (tertiary/aromatic N) is 1. The van der Waals surface area contributed by atoms with Gasteiger partial charge in [-0.25, -0.2) is 0 Å². The Kier molecular flexibility index (Phi) is 49.7. The maximum atomic E-state index is 11.1. The Bertz CT molecular complexity index is 3210. The zero-order valence-electron chi connectivity index (χ0n) is 56.2. The topological polar surface area (TPSA) is 197 Å². The van der Waals surface area contributed by atoms with Crippen molar-refractivity contribution in [2.24, 2.45) is 4.52 Å². The van der Waals surface area contributed by atoms with Crippen LogP contribution in [0, 0.1) is 0 Å². The number of halogens is 12. The molecule has 540 valence electrons. The van der Waals surface area contributed by atoms with E-state index in [-0.39, 0.29) is 81.6 Å². The first-order chi connectivity index (χ1) is 48.2. The third kappa shape index (κ3) is 29.0. The minimum atomic E-state index is -2.50. The molecule has 5 saturated heterocycles. The Morgan fingerprint density at radius 2 is 0.388 bits per heavy atom. The van der Waals surface area contributed by atoms with E-state index < -0.39 is 49.0 Å². The van der Waals surface area contributed by atoms with E-state index in [9.17, 15) is 30.6 Å². The zero-order valence-corrected chi connectivity index (χ0v) is 78.2. The number of hydrogen-bond acceptors (Lipinski definition) is 12. The van der Waals surface area contributed by atoms with Gasteiger partial charge in [0.15, 0.2) is 0 Å². The number of ether oxygens (including phenoxy) is 5. The van der Waals surface area contributed by atoms with Gasteiger partial charge in [-0.1, -0.05) is 241 Å². The standard InChI is InChI=1S/C36H30NP2.3C6H2Br4O2.5C4H8O.2Li.Mn/c1-7-19-31(20-8-1)38(32-21-9-2-10-22-32,33-23-11-3-12-24-33)37-39(34-25-13-4-14-26-34,35-27-15-5-16-28-35)36-29-17-6-18-30-36;3*7-1-2(8)4(10)6(12)5(11)3(1)9;5*1-2-4-5-3-1;;;/h1-30H;3*11-12H;5*1-4H2;;;/q+1;;;;;;;;;2*+1;+3/p-6. The van der Waals surface area contributed by atoms with E-state index in [0.717, 1.165) is 66.1 Å². The van der Waals surface area contributed by atoms with Gasteiger partial charge in [0, 0.05) is 136 Å². The van der Waals surface area contributed by atoms with Crippen molar-refractivity contribution < 1.29 is 109 Å². The fourth-order valence-corrected chi connectivity index (χ4v) is 25.2. The Morgan fingerprint density at radius 1 is 0.243 bits per heavy atom. The van der Waals surface area contributed by atoms with E-state index in [1.165, 1.54) is 96.0 Å². The minimum Gasteiger partial charge on any atom is -0.872 e. The summed E-state index contributed by atoms with van der Waals surface area (Å²) in [4.78, 5) is 0. The van der Waals surface area contributed by atoms with Gasteiger partial charge in [0.2, 0.25) is 7.41 Å². The van der Waals surface area contributed by atoms with Gasteiger partial charge in [-0.2, -0.15) is 0 Å². The Hall–Kier alpha value is -0.286. The normalized spacial score (nSPS) is 13.8. The molecule has 9 aromatic carbocycles. The van der Waals surface area contributed by atoms with Crippen LogP contribution in [0.2, 0.25) is 0 Å². The van der Waals surface area contributed by atoms with Crippen LogP contribution in [-0.2, 0) is 40.8 Å². The summed E-state index contributed by atoms with van der Waals surface area (Å²) >= 11 is 36.9. The third-order valence-electron chi connectivity index (χ3n) is 14.7. The SMILES string of the molecule is C1CCOC1.C1CCOC1.C1CCOC1.C1CCOC1.C1CCOC1.[Li+].[Li+].[Mn+3].[O-]c1c([O-])c(Br)c(Br)c(Br)c1Br.[O-]c1c([O-])c(Br)c(Br)c(Br)c1Br.[O-]c1c([O-])c(Br)c(Br)c(Br)c1Br.c1ccc(P(=N[P+](c2ccccc2)(c2ccccc2)c2ccccc2)(c2ccccc2)c2ccccc2)cc1. The Balaban J connectivity index is 0.000000351. The number of rotatable bonds is 7. The van der Waals surface area contributed by atoms with Crippen LogP contribution in [0.25, 0.3) is 0 Å². The summed E-state index contributed by atoms with van der Waals surface area (Å²) in [5, 5.41) is 74.3. The molecule has 0 aromatic heterocycles. The first-order valence-corrected chi connectivity index (χ1v) is 44.6. The van der Waals surface area contributed by atoms with Crippen molar-refractivity contribution in [1.82, 2.24) is 0 Å². The quantitative estimate of drug-likeness (QED) is 0.0637. The summed E-state index contributed by atoms with van der Waals surface area (Å²) < 4.78 is 35.8. The van der Waals surface area contributed by atoms with Crippen molar-refractivity contribution in [1.29, 1.82) is 0 Å². The third-order valence-corrected chi connectivity index (χ3v) is 37.2. The molecule has 0 N–H and O–H groups in total. The fourth-order valence-electron chi connectivity index (χ4n) is 9.59. The summed E-state index contributed by atoms with van der Waals surface area (Å²) in [7, 11) is -4.99. The van der Waals surface area contributed by atoms with Gasteiger partial charge in [-0.3, -0.25) is 0 Å². The van der Waals surface area contributed by atoms with Crippen molar-refractivity contribution in [2.75, 3.05) is 66.1 Å². The molecule has 0 aliphatic carbocycles. The fraction of sp³-hybridized carbons (Fsp3) is 0.270. The number of hydrogen-bond donors (Lipinski definition) is 0. The molecule has 5 fully saturated rings. The van der Waals surface area contributed by atoms with Crippen LogP contribution in [0.15, 0.2) is 240 Å². The second kappa shape index (κ2) is 52.9. The molecule has 5 heterocycles. The van der Waals surface area contributed by atoms with Crippen LogP contribution in [0.3, 0.4) is 0 Å². The van der Waals surface area contributed by atoms with Crippen LogP contribution in [-0.4, -0.2) is 66.1 Å². The Labute approximate surface area is 741 Å². The Morgan fingerprint density at radius 3 is 0.524 bits per heavy atom. The first-order valence-electron chi connectivity index (χ1n) is 31.6. The van der Waals surface area contributed by atoms with Crippen molar-refractivity contribution in [2.45, 2.75) is 64.2 Å². The van der Waals surface area contributed by atoms with Gasteiger partial charge >= 0.3 is 54.8 Å². The van der Waals surface area contributed by atoms with E-state index in [1.807, 2.05) is 0 Å². The van der Waals surface area contributed by atoms with Crippen LogP contribution < -0.4 is 100 Å². The largest absolute Gasteiger partial charge is 3.00 e. The van der Waals surface area contributed by atoms with Crippen LogP contribution in [0.1, 0.15) is 64.2 Å². The molecule has 0 unspecified atom stereocenters. The molecular weight excluding hydrogens is 2170 g/mol. The van der Waals surface area contributed by atoms with Gasteiger partial charge in [0.25, 0.3) is 0 Å². The zero-order chi connectivity index (χ0) is 72.5. The van der Waals surface area contributed by atoms with Gasteiger partial charge in [0.1, 0.15) is 23.0 Å². The molecule has 29 heteroatoms. The summed E-state index contributed by atoms with van der Waals surface area (Å²) in [6.07, 6.45) is 12.8. The second-order valence-electron chi connectivity index (χ2n) is 21.7. The van der Waals surface area contributed by atoms with Crippen molar-refractivity contribution in [3.63, 3.8) is 0 Å². The molecule has 5 aliphatic rings. The predicted octanol–water partition coefficient (Wildman–Crippen LogP) is 13.7. The second-order valence-corrected chi connectivity index (χ2v) is 37.6. The molecule has 0 saturated carbocycles. The molecule has 12 nitrogen and oxygen atoms in total. The average Bonchev–Trinajstić information content (AvgIpc) is 1.20. The average molecular weight is 2240 g/mol. The first kappa shape index (κ1) is 96.9. The van der Waals surface area contributed by atoms with E-state index in [1.54, 1.807) is 0 Å². The van der Waals surface area contributed by atoms with E-state index in [0.29, 0.717) is 26.8 Å². The predicted molar refractivity (Wildman–Crippen MR) is 441 cm³/mol. The van der Waals surface area contributed by atoms with Crippen molar-refractivity contribution in [3.05, 3.63) is 236 Å². The molecule has 5 aliphatic heterocycles. The summed E-state index contributed by atoms with van der Waals surface area (Å²) in [5.41, 5.74) is 0. The van der Waals surface area contributed by atoms with E-state index in [4.69, 9.17) is 28.2 Å². The van der Waals surface area contributed by atoms with Crippen molar-refractivity contribution in [3.8, 4) is 34.5 Å². The summed E-state index contributed by atoms with van der Waals surface area (Å²) in [5.74, 6) is -3.35. The van der Waals surface area contributed by atoms with Gasteiger partial charge in [0.05, 0.1) is 0 Å². The molecule has 0 atom stereocenters. The molecule has 0 spiro atoms. The minimum absolute atomic E-state index is 0. The van der Waals surface area contributed by atoms with Crippen LogP contribution in [0.4, 0.5) is 0 Å². The van der Waals surface area contributed by atoms with Gasteiger partial charge in [-0.05, 0) is 196 Å². The monoisotopic (exact) mass is 2230 g/mol. The molecule has 0 amide bonds. The van der Waals surface area contributed by atoms with Crippen LogP contribution in [0.5, 0.6) is 34.5 Å². The smallest absolute Gasteiger partial charge is 0.872 e. The molecule has 103 heavy (non-hydrogen) atoms. The maximum absolute atomic E-state index is 11.1. The van der Waals surface area contributed by atoms with Crippen molar-refractivity contribution >= 4 is 237 Å². The molecular formula is C74H70Br12Li2MnNO11P2. The summed E-state index contributed by atoms with van der Waals surface area (Å²) in [6.45, 7) is 10.0. The van der Waals surface area contributed by atoms with E-state index in [2.05, 4.69) is 373 Å². The van der Waals surface area contributed by atoms with E-state index >= 15 is 0 Å². The van der Waals surface area contributed by atoms with Gasteiger partial charge < -0.3 is 54.3 Å². The molecule has 14 rings (SSSR count). The molecule has 0 radical (unpaired) electrons. The van der Waals surface area contributed by atoms with Crippen LogP contribution >= 0.6 is 206 Å². The molecule has 0 bridgehead atoms.